The van der Waals surface area contributed by atoms with Gasteiger partial charge in [-0.25, -0.2) is 9.97 Å². The summed E-state index contributed by atoms with van der Waals surface area (Å²) >= 11 is 6.41. The Labute approximate surface area is 173 Å². The molecule has 0 atom stereocenters. The minimum atomic E-state index is 0.326. The van der Waals surface area contributed by atoms with Crippen LogP contribution in [-0.4, -0.2) is 21.6 Å². The number of ether oxygens (including phenoxy) is 1. The van der Waals surface area contributed by atoms with Crippen molar-refractivity contribution in [1.82, 2.24) is 14.5 Å². The molecule has 0 spiro atoms. The molecule has 1 aliphatic carbocycles. The van der Waals surface area contributed by atoms with Crippen LogP contribution in [0.15, 0.2) is 54.9 Å². The van der Waals surface area contributed by atoms with E-state index in [1.165, 1.54) is 24.7 Å². The third-order valence-corrected chi connectivity index (χ3v) is 5.52. The van der Waals surface area contributed by atoms with Gasteiger partial charge in [-0.1, -0.05) is 29.8 Å². The third kappa shape index (κ3) is 3.15. The number of nitrogens with two attached hydrogens (primary N) is 1. The fourth-order valence-electron chi connectivity index (χ4n) is 3.60. The molecule has 0 saturated heterocycles. The molecule has 0 bridgehead atoms. The van der Waals surface area contributed by atoms with Gasteiger partial charge in [-0.05, 0) is 43.0 Å². The van der Waals surface area contributed by atoms with Crippen LogP contribution >= 0.6 is 11.6 Å². The van der Waals surface area contributed by atoms with Crippen molar-refractivity contribution in [1.29, 1.82) is 0 Å². The SMILES string of the molecule is CNc1c(N)ncc(Oc2cnc3c(c2)cc(C2CC2)n3-c2ccccc2)c1Cl. The van der Waals surface area contributed by atoms with Crippen molar-refractivity contribution in [2.45, 2.75) is 18.8 Å². The van der Waals surface area contributed by atoms with Gasteiger partial charge in [-0.3, -0.25) is 4.57 Å². The van der Waals surface area contributed by atoms with Gasteiger partial charge in [0.05, 0.1) is 18.1 Å². The molecule has 1 aliphatic rings. The number of halogens is 1. The lowest BCUT2D eigenvalue weighted by atomic mass is 10.2. The summed E-state index contributed by atoms with van der Waals surface area (Å²) in [4.78, 5) is 8.85. The molecule has 1 aromatic carbocycles. The largest absolute Gasteiger partial charge is 0.452 e. The summed E-state index contributed by atoms with van der Waals surface area (Å²) in [6, 6.07) is 14.5. The molecule has 7 heteroatoms. The Kier molecular flexibility index (Phi) is 4.28. The number of hydrogen-bond donors (Lipinski definition) is 2. The Bertz CT molecular complexity index is 1200. The number of aromatic nitrogens is 3. The van der Waals surface area contributed by atoms with Crippen LogP contribution in [0.1, 0.15) is 24.5 Å². The first-order valence-electron chi connectivity index (χ1n) is 9.52. The number of nitrogen functional groups attached to an aromatic ring is 1. The van der Waals surface area contributed by atoms with Crippen LogP contribution in [0.25, 0.3) is 16.7 Å². The highest BCUT2D eigenvalue weighted by Crippen LogP contribution is 2.44. The summed E-state index contributed by atoms with van der Waals surface area (Å²) in [6.07, 6.45) is 5.66. The van der Waals surface area contributed by atoms with E-state index in [0.717, 1.165) is 16.7 Å². The first kappa shape index (κ1) is 17.8. The second-order valence-corrected chi connectivity index (χ2v) is 7.52. The van der Waals surface area contributed by atoms with E-state index < -0.39 is 0 Å². The molecule has 146 valence electrons. The molecule has 1 saturated carbocycles. The van der Waals surface area contributed by atoms with Crippen LogP contribution in [0.2, 0.25) is 5.02 Å². The van der Waals surface area contributed by atoms with E-state index in [2.05, 4.69) is 33.1 Å². The van der Waals surface area contributed by atoms with Crippen molar-refractivity contribution in [3.05, 3.63) is 65.6 Å². The van der Waals surface area contributed by atoms with Gasteiger partial charge in [0.2, 0.25) is 0 Å². The van der Waals surface area contributed by atoms with Gasteiger partial charge >= 0.3 is 0 Å². The number of para-hydroxylation sites is 1. The zero-order valence-electron chi connectivity index (χ0n) is 15.9. The smallest absolute Gasteiger partial charge is 0.166 e. The van der Waals surface area contributed by atoms with E-state index in [9.17, 15) is 0 Å². The van der Waals surface area contributed by atoms with Gasteiger partial charge in [0.1, 0.15) is 22.2 Å². The summed E-state index contributed by atoms with van der Waals surface area (Å²) in [5, 5.41) is 4.37. The summed E-state index contributed by atoms with van der Waals surface area (Å²) in [5.74, 6) is 1.94. The quantitative estimate of drug-likeness (QED) is 0.466. The van der Waals surface area contributed by atoms with Crippen molar-refractivity contribution in [3.63, 3.8) is 0 Å². The maximum Gasteiger partial charge on any atom is 0.166 e. The molecule has 29 heavy (non-hydrogen) atoms. The average molecular weight is 406 g/mol. The highest BCUT2D eigenvalue weighted by Gasteiger charge is 2.29. The minimum absolute atomic E-state index is 0.326. The molecule has 1 fully saturated rings. The fraction of sp³-hybridized carbons (Fsp3) is 0.182. The standard InChI is InChI=1S/C22H20ClN5O/c1-25-20-19(23)18(12-26-21(20)24)29-16-9-14-10-17(13-7-8-13)28(22(14)27-11-16)15-5-3-2-4-6-15/h2-6,9-13,25H,7-8H2,1H3,(H2,24,26). The van der Waals surface area contributed by atoms with Crippen LogP contribution in [0.4, 0.5) is 11.5 Å². The lowest BCUT2D eigenvalue weighted by Crippen LogP contribution is -2.01. The van der Waals surface area contributed by atoms with Gasteiger partial charge in [0.25, 0.3) is 0 Å². The number of nitrogens with zero attached hydrogens (tertiary/aromatic N) is 3. The summed E-state index contributed by atoms with van der Waals surface area (Å²) in [5.41, 5.74) is 9.73. The molecule has 3 heterocycles. The third-order valence-electron chi connectivity index (χ3n) is 5.14. The predicted octanol–water partition coefficient (Wildman–Crippen LogP) is 5.37. The fourth-order valence-corrected chi connectivity index (χ4v) is 3.88. The molecule has 6 nitrogen and oxygen atoms in total. The van der Waals surface area contributed by atoms with Crippen LogP contribution in [0.3, 0.4) is 0 Å². The van der Waals surface area contributed by atoms with Crippen LogP contribution in [0, 0.1) is 0 Å². The Morgan fingerprint density at radius 1 is 1.14 bits per heavy atom. The first-order valence-corrected chi connectivity index (χ1v) is 9.90. The van der Waals surface area contributed by atoms with Gasteiger partial charge < -0.3 is 15.8 Å². The van der Waals surface area contributed by atoms with Crippen molar-refractivity contribution < 1.29 is 4.74 Å². The van der Waals surface area contributed by atoms with Crippen molar-refractivity contribution in [3.8, 4) is 17.2 Å². The van der Waals surface area contributed by atoms with E-state index >= 15 is 0 Å². The van der Waals surface area contributed by atoms with Crippen molar-refractivity contribution in [2.24, 2.45) is 0 Å². The molecule has 0 radical (unpaired) electrons. The second-order valence-electron chi connectivity index (χ2n) is 7.15. The molecular formula is C22H20ClN5O. The highest BCUT2D eigenvalue weighted by atomic mass is 35.5. The first-order chi connectivity index (χ1) is 14.2. The van der Waals surface area contributed by atoms with Crippen LogP contribution in [0.5, 0.6) is 11.5 Å². The highest BCUT2D eigenvalue weighted by molar-refractivity contribution is 6.35. The summed E-state index contributed by atoms with van der Waals surface area (Å²) < 4.78 is 8.23. The summed E-state index contributed by atoms with van der Waals surface area (Å²) in [6.45, 7) is 0. The number of hydrogen-bond acceptors (Lipinski definition) is 5. The average Bonchev–Trinajstić information content (AvgIpc) is 3.51. The predicted molar refractivity (Wildman–Crippen MR) is 116 cm³/mol. The second kappa shape index (κ2) is 6.97. The van der Waals surface area contributed by atoms with Crippen LogP contribution in [-0.2, 0) is 0 Å². The number of anilines is 2. The van der Waals surface area contributed by atoms with Gasteiger partial charge in [0.15, 0.2) is 5.75 Å². The van der Waals surface area contributed by atoms with Crippen LogP contribution < -0.4 is 15.8 Å². The van der Waals surface area contributed by atoms with E-state index in [-0.39, 0.29) is 0 Å². The van der Waals surface area contributed by atoms with Gasteiger partial charge in [-0.2, -0.15) is 0 Å². The van der Waals surface area contributed by atoms with Gasteiger partial charge in [0, 0.05) is 23.8 Å². The monoisotopic (exact) mass is 405 g/mol. The van der Waals surface area contributed by atoms with E-state index in [1.807, 2.05) is 24.3 Å². The molecule has 0 aliphatic heterocycles. The molecule has 3 N–H and O–H groups in total. The number of pyridine rings is 2. The number of nitrogens with one attached hydrogen (secondary N) is 1. The van der Waals surface area contributed by atoms with Crippen molar-refractivity contribution >= 4 is 34.1 Å². The minimum Gasteiger partial charge on any atom is -0.452 e. The molecule has 0 amide bonds. The van der Waals surface area contributed by atoms with E-state index in [1.54, 1.807) is 13.2 Å². The lowest BCUT2D eigenvalue weighted by molar-refractivity contribution is 0.479. The number of fused-ring (bicyclic) bond motifs is 1. The topological polar surface area (TPSA) is 78.0 Å². The summed E-state index contributed by atoms with van der Waals surface area (Å²) in [7, 11) is 1.74. The zero-order valence-corrected chi connectivity index (χ0v) is 16.6. The molecular weight excluding hydrogens is 386 g/mol. The number of rotatable bonds is 5. The Hall–Kier alpha value is -3.25. The molecule has 5 rings (SSSR count). The van der Waals surface area contributed by atoms with Gasteiger partial charge in [-0.15, -0.1) is 0 Å². The molecule has 4 aromatic rings. The Morgan fingerprint density at radius 2 is 1.93 bits per heavy atom. The number of benzene rings is 1. The lowest BCUT2D eigenvalue weighted by Gasteiger charge is -2.12. The molecule has 3 aromatic heterocycles. The van der Waals surface area contributed by atoms with Crippen molar-refractivity contribution in [2.75, 3.05) is 18.1 Å². The van der Waals surface area contributed by atoms with E-state index in [0.29, 0.717) is 33.9 Å². The normalized spacial score (nSPS) is 13.6. The molecule has 0 unspecified atom stereocenters. The Morgan fingerprint density at radius 3 is 2.66 bits per heavy atom. The van der Waals surface area contributed by atoms with E-state index in [4.69, 9.17) is 27.1 Å². The maximum absolute atomic E-state index is 6.41. The maximum atomic E-state index is 6.41. The zero-order chi connectivity index (χ0) is 20.0. The Balaban J connectivity index is 1.57.